The zero-order valence-corrected chi connectivity index (χ0v) is 8.70. The molecule has 1 aliphatic heterocycles. The van der Waals surface area contributed by atoms with E-state index in [9.17, 15) is 9.59 Å². The van der Waals surface area contributed by atoms with E-state index in [-0.39, 0.29) is 5.56 Å². The van der Waals surface area contributed by atoms with Gasteiger partial charge in [-0.2, -0.15) is 0 Å². The highest BCUT2D eigenvalue weighted by Crippen LogP contribution is 2.25. The summed E-state index contributed by atoms with van der Waals surface area (Å²) in [6, 6.07) is 1.57. The summed E-state index contributed by atoms with van der Waals surface area (Å²) in [7, 11) is 3.63. The van der Waals surface area contributed by atoms with Crippen LogP contribution >= 0.6 is 0 Å². The van der Waals surface area contributed by atoms with Gasteiger partial charge in [0.25, 0.3) is 0 Å². The third-order valence-corrected chi connectivity index (χ3v) is 2.25. The highest BCUT2D eigenvalue weighted by atomic mass is 16.6. The molecule has 1 aromatic heterocycles. The van der Waals surface area contributed by atoms with Gasteiger partial charge in [0.05, 0.1) is 16.8 Å². The molecule has 0 saturated heterocycles. The van der Waals surface area contributed by atoms with Crippen LogP contribution in [0.25, 0.3) is 0 Å². The van der Waals surface area contributed by atoms with Crippen molar-refractivity contribution in [1.82, 2.24) is 4.98 Å². The second-order valence-corrected chi connectivity index (χ2v) is 3.56. The van der Waals surface area contributed by atoms with Gasteiger partial charge < -0.3 is 9.64 Å². The van der Waals surface area contributed by atoms with Crippen molar-refractivity contribution in [3.8, 4) is 0 Å². The van der Waals surface area contributed by atoms with E-state index in [4.69, 9.17) is 0 Å². The number of hydrogen-bond acceptors (Lipinski definition) is 5. The van der Waals surface area contributed by atoms with Gasteiger partial charge in [0, 0.05) is 14.1 Å². The highest BCUT2D eigenvalue weighted by molar-refractivity contribution is 6.15. The molecule has 0 atom stereocenters. The lowest BCUT2D eigenvalue weighted by atomic mass is 10.1. The first-order valence-corrected chi connectivity index (χ1v) is 4.46. The van der Waals surface area contributed by atoms with E-state index in [1.165, 1.54) is 0 Å². The van der Waals surface area contributed by atoms with Crippen LogP contribution in [0.3, 0.4) is 0 Å². The van der Waals surface area contributed by atoms with Gasteiger partial charge in [0.15, 0.2) is 0 Å². The van der Waals surface area contributed by atoms with Crippen molar-refractivity contribution >= 4 is 17.8 Å². The summed E-state index contributed by atoms with van der Waals surface area (Å²) in [5.41, 5.74) is 1.11. The average Bonchev–Trinajstić information content (AvgIpc) is 2.42. The van der Waals surface area contributed by atoms with E-state index in [0.717, 1.165) is 0 Å². The van der Waals surface area contributed by atoms with Gasteiger partial charge in [0.1, 0.15) is 5.82 Å². The molecule has 78 valence electrons. The van der Waals surface area contributed by atoms with Crippen LogP contribution in [-0.2, 0) is 4.74 Å². The van der Waals surface area contributed by atoms with Crippen LogP contribution in [-0.4, -0.2) is 31.0 Å². The van der Waals surface area contributed by atoms with Crippen LogP contribution in [0.1, 0.15) is 26.4 Å². The van der Waals surface area contributed by atoms with E-state index >= 15 is 0 Å². The molecule has 1 aliphatic rings. The molecule has 0 bridgehead atoms. The lowest BCUT2D eigenvalue weighted by Gasteiger charge is -2.12. The van der Waals surface area contributed by atoms with Gasteiger partial charge in [-0.3, -0.25) is 0 Å². The van der Waals surface area contributed by atoms with Crippen LogP contribution in [0, 0.1) is 6.92 Å². The van der Waals surface area contributed by atoms with Crippen LogP contribution in [0.15, 0.2) is 6.07 Å². The third kappa shape index (κ3) is 1.36. The van der Waals surface area contributed by atoms with Gasteiger partial charge in [-0.1, -0.05) is 0 Å². The lowest BCUT2D eigenvalue weighted by molar-refractivity contribution is 0.0443. The summed E-state index contributed by atoms with van der Waals surface area (Å²) >= 11 is 0. The highest BCUT2D eigenvalue weighted by Gasteiger charge is 2.32. The van der Waals surface area contributed by atoms with Crippen LogP contribution in [0.2, 0.25) is 0 Å². The Morgan fingerprint density at radius 1 is 1.27 bits per heavy atom. The fourth-order valence-electron chi connectivity index (χ4n) is 1.49. The summed E-state index contributed by atoms with van der Waals surface area (Å²) in [6.45, 7) is 1.69. The number of aromatic nitrogens is 1. The van der Waals surface area contributed by atoms with E-state index < -0.39 is 11.9 Å². The van der Waals surface area contributed by atoms with Crippen LogP contribution in [0.5, 0.6) is 0 Å². The SMILES string of the molecule is Cc1nc(N(C)C)cc2c1C(=O)OC2=O. The Morgan fingerprint density at radius 2 is 1.93 bits per heavy atom. The standard InChI is InChI=1S/C10H10N2O3/c1-5-8-6(9(13)15-10(8)14)4-7(11-5)12(2)3/h4H,1-3H3. The number of carbonyl (C=O) groups excluding carboxylic acids is 2. The number of fused-ring (bicyclic) bond motifs is 1. The molecule has 5 heteroatoms. The van der Waals surface area contributed by atoms with E-state index in [1.54, 1.807) is 17.9 Å². The number of esters is 2. The topological polar surface area (TPSA) is 59.5 Å². The maximum atomic E-state index is 11.3. The minimum absolute atomic E-state index is 0.283. The van der Waals surface area contributed by atoms with Crippen molar-refractivity contribution in [1.29, 1.82) is 0 Å². The summed E-state index contributed by atoms with van der Waals surface area (Å²) in [5.74, 6) is -0.563. The molecule has 0 unspecified atom stereocenters. The minimum Gasteiger partial charge on any atom is -0.386 e. The Kier molecular flexibility index (Phi) is 1.96. The second-order valence-electron chi connectivity index (χ2n) is 3.56. The first-order chi connectivity index (χ1) is 7.00. The molecule has 0 radical (unpaired) electrons. The number of cyclic esters (lactones) is 2. The van der Waals surface area contributed by atoms with Crippen molar-refractivity contribution in [2.45, 2.75) is 6.92 Å². The number of pyridine rings is 1. The molecular formula is C10H10N2O3. The fraction of sp³-hybridized carbons (Fsp3) is 0.300. The van der Waals surface area contributed by atoms with Gasteiger partial charge in [-0.05, 0) is 13.0 Å². The Bertz CT molecular complexity index is 466. The van der Waals surface area contributed by atoms with Crippen LogP contribution < -0.4 is 4.90 Å². The predicted molar refractivity (Wildman–Crippen MR) is 53.0 cm³/mol. The molecular weight excluding hydrogens is 196 g/mol. The van der Waals surface area contributed by atoms with E-state index in [0.29, 0.717) is 17.1 Å². The first kappa shape index (κ1) is 9.64. The Labute approximate surface area is 86.7 Å². The van der Waals surface area contributed by atoms with Crippen LogP contribution in [0.4, 0.5) is 5.82 Å². The first-order valence-electron chi connectivity index (χ1n) is 4.46. The van der Waals surface area contributed by atoms with Gasteiger partial charge in [0.2, 0.25) is 0 Å². The molecule has 0 aliphatic carbocycles. The number of carbonyl (C=O) groups is 2. The molecule has 5 nitrogen and oxygen atoms in total. The second kappa shape index (κ2) is 3.05. The summed E-state index contributed by atoms with van der Waals surface area (Å²) in [6.07, 6.45) is 0. The Hall–Kier alpha value is -1.91. The quantitative estimate of drug-likeness (QED) is 0.501. The normalized spacial score (nSPS) is 13.8. The molecule has 15 heavy (non-hydrogen) atoms. The number of hydrogen-bond donors (Lipinski definition) is 0. The van der Waals surface area contributed by atoms with Crippen molar-refractivity contribution in [3.05, 3.63) is 22.9 Å². The van der Waals surface area contributed by atoms with Gasteiger partial charge >= 0.3 is 11.9 Å². The fourth-order valence-corrected chi connectivity index (χ4v) is 1.49. The number of ether oxygens (including phenoxy) is 1. The number of rotatable bonds is 1. The molecule has 2 rings (SSSR count). The Balaban J connectivity index is 2.66. The Morgan fingerprint density at radius 3 is 2.53 bits per heavy atom. The smallest absolute Gasteiger partial charge is 0.348 e. The maximum absolute atomic E-state index is 11.3. The number of aryl methyl sites for hydroxylation is 1. The monoisotopic (exact) mass is 206 g/mol. The zero-order valence-electron chi connectivity index (χ0n) is 8.70. The van der Waals surface area contributed by atoms with Crippen molar-refractivity contribution in [3.63, 3.8) is 0 Å². The van der Waals surface area contributed by atoms with Gasteiger partial charge in [-0.15, -0.1) is 0 Å². The predicted octanol–water partition coefficient (Wildman–Crippen LogP) is 0.767. The summed E-state index contributed by atoms with van der Waals surface area (Å²) in [4.78, 5) is 28.6. The molecule has 0 amide bonds. The van der Waals surface area contributed by atoms with Gasteiger partial charge in [-0.25, -0.2) is 14.6 Å². The average molecular weight is 206 g/mol. The summed E-state index contributed by atoms with van der Waals surface area (Å²) < 4.78 is 4.51. The number of anilines is 1. The van der Waals surface area contributed by atoms with Crippen molar-refractivity contribution in [2.24, 2.45) is 0 Å². The van der Waals surface area contributed by atoms with Crippen molar-refractivity contribution < 1.29 is 14.3 Å². The molecule has 0 spiro atoms. The molecule has 0 saturated carbocycles. The molecule has 0 aromatic carbocycles. The third-order valence-electron chi connectivity index (χ3n) is 2.25. The number of nitrogens with zero attached hydrogens (tertiary/aromatic N) is 2. The minimum atomic E-state index is -0.606. The maximum Gasteiger partial charge on any atom is 0.348 e. The molecule has 1 aromatic rings. The van der Waals surface area contributed by atoms with Crippen molar-refractivity contribution in [2.75, 3.05) is 19.0 Å². The summed E-state index contributed by atoms with van der Waals surface area (Å²) in [5, 5.41) is 0. The van der Waals surface area contributed by atoms with E-state index in [1.807, 2.05) is 14.1 Å². The molecule has 0 N–H and O–H groups in total. The lowest BCUT2D eigenvalue weighted by Crippen LogP contribution is -2.13. The molecule has 0 fully saturated rings. The largest absolute Gasteiger partial charge is 0.386 e. The van der Waals surface area contributed by atoms with E-state index in [2.05, 4.69) is 9.72 Å². The molecule has 2 heterocycles. The zero-order chi connectivity index (χ0) is 11.2.